The predicted octanol–water partition coefficient (Wildman–Crippen LogP) is 2.76. The number of aromatic nitrogens is 2. The van der Waals surface area contributed by atoms with Crippen LogP contribution < -0.4 is 11.0 Å². The number of benzene rings is 1. The third-order valence-electron chi connectivity index (χ3n) is 6.34. The minimum atomic E-state index is -4.47. The van der Waals surface area contributed by atoms with Gasteiger partial charge in [0.15, 0.2) is 11.6 Å². The lowest BCUT2D eigenvalue weighted by Gasteiger charge is -2.28. The zero-order valence-corrected chi connectivity index (χ0v) is 15.7. The number of imidazole rings is 1. The van der Waals surface area contributed by atoms with Crippen LogP contribution in [0.5, 0.6) is 0 Å². The Bertz CT molecular complexity index is 1070. The maximum atomic E-state index is 11.9. The molecule has 4 N–H and O–H groups in total. The average molecular weight is 387 g/mol. The van der Waals surface area contributed by atoms with Crippen LogP contribution in [0.1, 0.15) is 32.1 Å². The maximum Gasteiger partial charge on any atom is 0.360 e. The lowest BCUT2D eigenvalue weighted by molar-refractivity contribution is 0.251. The van der Waals surface area contributed by atoms with Gasteiger partial charge in [0.1, 0.15) is 5.30 Å². The molecule has 2 aromatic heterocycles. The van der Waals surface area contributed by atoms with E-state index in [0.29, 0.717) is 5.82 Å². The van der Waals surface area contributed by atoms with Gasteiger partial charge in [-0.3, -0.25) is 4.57 Å². The molecule has 0 unspecified atom stereocenters. The molecular weight excluding hydrogens is 365 g/mol. The van der Waals surface area contributed by atoms with Crippen molar-refractivity contribution in [3.63, 3.8) is 0 Å². The quantitative estimate of drug-likeness (QED) is 0.593. The SMILES string of the molecule is NC12CCC(Cn3c(-c4occc4P(=O)(O)O)nc4ccccc43)(CC1)C2. The first-order valence-corrected chi connectivity index (χ1v) is 10.8. The Labute approximate surface area is 156 Å². The smallest absolute Gasteiger partial charge is 0.360 e. The highest BCUT2D eigenvalue weighted by molar-refractivity contribution is 7.60. The van der Waals surface area contributed by atoms with E-state index in [1.54, 1.807) is 0 Å². The summed E-state index contributed by atoms with van der Waals surface area (Å²) in [6, 6.07) is 9.08. The standard InChI is InChI=1S/C19H22N3O4P/c20-19-8-6-18(11-19,7-9-19)12-22-14-4-2-1-3-13(14)21-17(22)16-15(5-10-26-16)27(23,24)25/h1-5,10H,6-9,11-12,20H2,(H2,23,24,25). The number of hydrogen-bond acceptors (Lipinski definition) is 4. The molecule has 8 heteroatoms. The highest BCUT2D eigenvalue weighted by Crippen LogP contribution is 2.56. The lowest BCUT2D eigenvalue weighted by atomic mass is 9.84. The van der Waals surface area contributed by atoms with Crippen molar-refractivity contribution in [3.05, 3.63) is 36.6 Å². The molecule has 2 bridgehead atoms. The van der Waals surface area contributed by atoms with Crippen molar-refractivity contribution < 1.29 is 18.8 Å². The van der Waals surface area contributed by atoms with Gasteiger partial charge in [0.25, 0.3) is 0 Å². The van der Waals surface area contributed by atoms with Gasteiger partial charge in [-0.25, -0.2) is 4.98 Å². The Morgan fingerprint density at radius 2 is 1.93 bits per heavy atom. The van der Waals surface area contributed by atoms with E-state index in [2.05, 4.69) is 9.55 Å². The molecule has 142 valence electrons. The minimum absolute atomic E-state index is 0.0573. The van der Waals surface area contributed by atoms with Gasteiger partial charge < -0.3 is 24.5 Å². The second-order valence-electron chi connectivity index (χ2n) is 8.23. The topological polar surface area (TPSA) is 115 Å². The summed E-state index contributed by atoms with van der Waals surface area (Å²) >= 11 is 0. The monoisotopic (exact) mass is 387 g/mol. The van der Waals surface area contributed by atoms with Gasteiger partial charge >= 0.3 is 7.60 Å². The number of furan rings is 1. The van der Waals surface area contributed by atoms with Gasteiger partial charge in [-0.15, -0.1) is 0 Å². The second-order valence-corrected chi connectivity index (χ2v) is 9.80. The number of nitrogens with zero attached hydrogens (tertiary/aromatic N) is 2. The van der Waals surface area contributed by atoms with Crippen molar-refractivity contribution in [1.82, 2.24) is 9.55 Å². The van der Waals surface area contributed by atoms with E-state index in [-0.39, 0.29) is 22.0 Å². The number of nitrogens with two attached hydrogens (primary N) is 1. The minimum Gasteiger partial charge on any atom is -0.460 e. The third-order valence-corrected chi connectivity index (χ3v) is 7.32. The van der Waals surface area contributed by atoms with Crippen molar-refractivity contribution in [2.45, 2.75) is 44.2 Å². The number of hydrogen-bond donors (Lipinski definition) is 3. The summed E-state index contributed by atoms with van der Waals surface area (Å²) < 4.78 is 19.5. The van der Waals surface area contributed by atoms with Crippen molar-refractivity contribution in [2.75, 3.05) is 0 Å². The van der Waals surface area contributed by atoms with E-state index in [0.717, 1.165) is 49.7 Å². The molecule has 2 aliphatic rings. The first kappa shape index (κ1) is 17.2. The Kier molecular flexibility index (Phi) is 3.53. The van der Waals surface area contributed by atoms with Crippen LogP contribution in [0.4, 0.5) is 0 Å². The summed E-state index contributed by atoms with van der Waals surface area (Å²) in [7, 11) is -4.47. The number of para-hydroxylation sites is 2. The number of fused-ring (bicyclic) bond motifs is 3. The Hall–Kier alpha value is -1.92. The molecule has 5 rings (SSSR count). The Morgan fingerprint density at radius 3 is 2.59 bits per heavy atom. The molecular formula is C19H22N3O4P. The molecule has 7 nitrogen and oxygen atoms in total. The summed E-state index contributed by atoms with van der Waals surface area (Å²) in [6.07, 6.45) is 6.49. The van der Waals surface area contributed by atoms with E-state index in [4.69, 9.17) is 10.2 Å². The first-order chi connectivity index (χ1) is 12.8. The van der Waals surface area contributed by atoms with E-state index in [1.165, 1.54) is 12.3 Å². The lowest BCUT2D eigenvalue weighted by Crippen LogP contribution is -2.33. The molecule has 27 heavy (non-hydrogen) atoms. The fourth-order valence-corrected chi connectivity index (χ4v) is 5.71. The highest BCUT2D eigenvalue weighted by atomic mass is 31.2. The van der Waals surface area contributed by atoms with Crippen LogP contribution in [-0.4, -0.2) is 24.9 Å². The van der Waals surface area contributed by atoms with Crippen LogP contribution in [0.2, 0.25) is 0 Å². The van der Waals surface area contributed by atoms with Crippen molar-refractivity contribution in [3.8, 4) is 11.6 Å². The van der Waals surface area contributed by atoms with Crippen molar-refractivity contribution >= 4 is 23.9 Å². The molecule has 0 atom stereocenters. The van der Waals surface area contributed by atoms with E-state index in [9.17, 15) is 14.4 Å². The van der Waals surface area contributed by atoms with E-state index in [1.807, 2.05) is 24.3 Å². The van der Waals surface area contributed by atoms with Crippen LogP contribution in [0, 0.1) is 5.41 Å². The van der Waals surface area contributed by atoms with Crippen molar-refractivity contribution in [1.29, 1.82) is 0 Å². The molecule has 3 aromatic rings. The van der Waals surface area contributed by atoms with Gasteiger partial charge in [-0.05, 0) is 55.7 Å². The highest BCUT2D eigenvalue weighted by Gasteiger charge is 2.52. The summed E-state index contributed by atoms with van der Waals surface area (Å²) in [5.74, 6) is 0.612. The molecule has 1 aromatic carbocycles. The molecule has 0 amide bonds. The van der Waals surface area contributed by atoms with Crippen LogP contribution in [0.3, 0.4) is 0 Å². The molecule has 2 saturated carbocycles. The van der Waals surface area contributed by atoms with E-state index >= 15 is 0 Å². The molecule has 0 spiro atoms. The zero-order chi connectivity index (χ0) is 18.9. The fourth-order valence-electron chi connectivity index (χ4n) is 5.04. The van der Waals surface area contributed by atoms with Crippen LogP contribution >= 0.6 is 7.60 Å². The average Bonchev–Trinajstić information content (AvgIpc) is 3.35. The summed E-state index contributed by atoms with van der Waals surface area (Å²) in [5.41, 5.74) is 8.28. The summed E-state index contributed by atoms with van der Waals surface area (Å²) in [6.45, 7) is 0.725. The third kappa shape index (κ3) is 2.69. The van der Waals surface area contributed by atoms with Crippen LogP contribution in [0.15, 0.2) is 41.0 Å². The van der Waals surface area contributed by atoms with Crippen LogP contribution in [-0.2, 0) is 11.1 Å². The second kappa shape index (κ2) is 5.55. The van der Waals surface area contributed by atoms with Gasteiger partial charge in [0, 0.05) is 12.1 Å². The van der Waals surface area contributed by atoms with Crippen LogP contribution in [0.25, 0.3) is 22.6 Å². The predicted molar refractivity (Wildman–Crippen MR) is 102 cm³/mol. The summed E-state index contributed by atoms with van der Waals surface area (Å²) in [5, 5.41) is -0.123. The maximum absolute atomic E-state index is 11.9. The van der Waals surface area contributed by atoms with Gasteiger partial charge in [0.05, 0.1) is 17.3 Å². The molecule has 2 heterocycles. The molecule has 2 fully saturated rings. The first-order valence-electron chi connectivity index (χ1n) is 9.17. The number of rotatable bonds is 4. The molecule has 0 aliphatic heterocycles. The van der Waals surface area contributed by atoms with E-state index < -0.39 is 7.60 Å². The largest absolute Gasteiger partial charge is 0.460 e. The van der Waals surface area contributed by atoms with Gasteiger partial charge in [0.2, 0.25) is 0 Å². The normalized spacial score (nSPS) is 27.7. The molecule has 2 aliphatic carbocycles. The zero-order valence-electron chi connectivity index (χ0n) is 14.8. The Balaban J connectivity index is 1.67. The van der Waals surface area contributed by atoms with Gasteiger partial charge in [-0.1, -0.05) is 12.1 Å². The summed E-state index contributed by atoms with van der Waals surface area (Å²) in [4.78, 5) is 24.1. The van der Waals surface area contributed by atoms with Crippen molar-refractivity contribution in [2.24, 2.45) is 11.1 Å². The molecule has 0 saturated heterocycles. The van der Waals surface area contributed by atoms with Gasteiger partial charge in [-0.2, -0.15) is 0 Å². The fraction of sp³-hybridized carbons (Fsp3) is 0.421. The molecule has 0 radical (unpaired) electrons. The Morgan fingerprint density at radius 1 is 1.19 bits per heavy atom.